The Hall–Kier alpha value is -5.12. The minimum absolute atomic E-state index is 0.920. The SMILES string of the molecule is Cc1cccc(N2c3ccc(-c4cccc5c4oc4ccccc45)cc3C=Cc3cc4sc5ccccc5c4cc32)c1. The summed E-state index contributed by atoms with van der Waals surface area (Å²) in [6.45, 7) is 2.16. The summed E-state index contributed by atoms with van der Waals surface area (Å²) in [6, 6.07) is 43.8. The van der Waals surface area contributed by atoms with E-state index < -0.39 is 0 Å². The smallest absolute Gasteiger partial charge is 0.143 e. The number of nitrogens with zero attached hydrogens (tertiary/aromatic N) is 1. The minimum atomic E-state index is 0.920. The van der Waals surface area contributed by atoms with Crippen molar-refractivity contribution in [1.29, 1.82) is 0 Å². The van der Waals surface area contributed by atoms with Crippen LogP contribution in [0.5, 0.6) is 0 Å². The van der Waals surface area contributed by atoms with Crippen LogP contribution in [0.4, 0.5) is 17.1 Å². The average molecular weight is 556 g/mol. The van der Waals surface area contributed by atoms with E-state index in [2.05, 4.69) is 133 Å². The van der Waals surface area contributed by atoms with E-state index in [1.165, 1.54) is 42.6 Å². The molecule has 0 amide bonds. The fourth-order valence-electron chi connectivity index (χ4n) is 6.49. The molecule has 1 aliphatic heterocycles. The van der Waals surface area contributed by atoms with E-state index in [1.54, 1.807) is 0 Å². The molecule has 0 N–H and O–H groups in total. The van der Waals surface area contributed by atoms with Gasteiger partial charge < -0.3 is 9.32 Å². The Morgan fingerprint density at radius 2 is 1.36 bits per heavy atom. The van der Waals surface area contributed by atoms with E-state index in [9.17, 15) is 0 Å². The maximum absolute atomic E-state index is 6.40. The number of rotatable bonds is 2. The molecular formula is C39H25NOS. The highest BCUT2D eigenvalue weighted by atomic mass is 32.1. The number of hydrogen-bond acceptors (Lipinski definition) is 3. The van der Waals surface area contributed by atoms with Gasteiger partial charge in [0.05, 0.1) is 11.4 Å². The third-order valence-corrected chi connectivity index (χ3v) is 9.59. The maximum Gasteiger partial charge on any atom is 0.143 e. The van der Waals surface area contributed by atoms with Gasteiger partial charge in [0, 0.05) is 42.2 Å². The molecule has 0 unspecified atom stereocenters. The third-order valence-electron chi connectivity index (χ3n) is 8.45. The van der Waals surface area contributed by atoms with Crippen molar-refractivity contribution < 1.29 is 4.42 Å². The Labute approximate surface area is 247 Å². The fraction of sp³-hybridized carbons (Fsp3) is 0.0256. The van der Waals surface area contributed by atoms with Crippen molar-refractivity contribution in [2.75, 3.05) is 4.90 Å². The fourth-order valence-corrected chi connectivity index (χ4v) is 7.63. The lowest BCUT2D eigenvalue weighted by Crippen LogP contribution is -2.12. The Bertz CT molecular complexity index is 2390. The number of para-hydroxylation sites is 2. The van der Waals surface area contributed by atoms with Crippen LogP contribution in [0.3, 0.4) is 0 Å². The molecule has 2 nitrogen and oxygen atoms in total. The van der Waals surface area contributed by atoms with Gasteiger partial charge in [0.15, 0.2) is 0 Å². The lowest BCUT2D eigenvalue weighted by atomic mass is 9.99. The monoisotopic (exact) mass is 555 g/mol. The van der Waals surface area contributed by atoms with Crippen molar-refractivity contribution in [3.8, 4) is 11.1 Å². The summed E-state index contributed by atoms with van der Waals surface area (Å²) in [6.07, 6.45) is 4.55. The number of aryl methyl sites for hydroxylation is 1. The third kappa shape index (κ3) is 3.50. The topological polar surface area (TPSA) is 16.4 Å². The summed E-state index contributed by atoms with van der Waals surface area (Å²) in [5.41, 5.74) is 11.2. The summed E-state index contributed by atoms with van der Waals surface area (Å²) >= 11 is 1.86. The van der Waals surface area contributed by atoms with Gasteiger partial charge in [0.1, 0.15) is 11.2 Å². The van der Waals surface area contributed by atoms with Crippen LogP contribution in [0.15, 0.2) is 126 Å². The molecule has 8 aromatic rings. The minimum Gasteiger partial charge on any atom is -0.455 e. The Morgan fingerprint density at radius 1 is 0.571 bits per heavy atom. The first-order valence-electron chi connectivity index (χ1n) is 14.3. The van der Waals surface area contributed by atoms with Crippen LogP contribution in [0.2, 0.25) is 0 Å². The number of furan rings is 1. The molecule has 3 heteroatoms. The van der Waals surface area contributed by atoms with Crippen LogP contribution in [-0.2, 0) is 0 Å². The van der Waals surface area contributed by atoms with Crippen molar-refractivity contribution in [3.63, 3.8) is 0 Å². The molecule has 198 valence electrons. The van der Waals surface area contributed by atoms with E-state index in [0.29, 0.717) is 0 Å². The van der Waals surface area contributed by atoms with Crippen LogP contribution < -0.4 is 4.90 Å². The van der Waals surface area contributed by atoms with Crippen LogP contribution in [0.25, 0.3) is 65.4 Å². The van der Waals surface area contributed by atoms with Gasteiger partial charge in [0.25, 0.3) is 0 Å². The number of thiophene rings is 1. The highest BCUT2D eigenvalue weighted by molar-refractivity contribution is 7.25. The molecule has 0 saturated heterocycles. The number of anilines is 3. The van der Waals surface area contributed by atoms with Crippen molar-refractivity contribution in [2.24, 2.45) is 0 Å². The summed E-state index contributed by atoms with van der Waals surface area (Å²) < 4.78 is 9.04. The molecule has 0 atom stereocenters. The summed E-state index contributed by atoms with van der Waals surface area (Å²) in [5, 5.41) is 4.91. The largest absolute Gasteiger partial charge is 0.455 e. The van der Waals surface area contributed by atoms with Crippen molar-refractivity contribution in [2.45, 2.75) is 6.92 Å². The van der Waals surface area contributed by atoms with E-state index in [-0.39, 0.29) is 0 Å². The molecule has 0 radical (unpaired) electrons. The highest BCUT2D eigenvalue weighted by Gasteiger charge is 2.23. The Kier molecular flexibility index (Phi) is 5.02. The van der Waals surface area contributed by atoms with Crippen LogP contribution >= 0.6 is 11.3 Å². The molecule has 3 heterocycles. The van der Waals surface area contributed by atoms with E-state index in [1.807, 2.05) is 23.5 Å². The van der Waals surface area contributed by atoms with Crippen molar-refractivity contribution in [3.05, 3.63) is 138 Å². The molecule has 1 aliphatic rings. The number of benzene rings is 6. The zero-order chi connectivity index (χ0) is 27.8. The molecule has 42 heavy (non-hydrogen) atoms. The molecule has 9 rings (SSSR count). The van der Waals surface area contributed by atoms with Gasteiger partial charge in [-0.25, -0.2) is 0 Å². The lowest BCUT2D eigenvalue weighted by molar-refractivity contribution is 0.670. The van der Waals surface area contributed by atoms with Crippen LogP contribution in [-0.4, -0.2) is 0 Å². The zero-order valence-electron chi connectivity index (χ0n) is 23.0. The standard InChI is InChI=1S/C39H25NOS/c1-24-8-6-9-28(20-24)40-34-19-18-25(29-12-7-13-32-30-10-2-4-14-36(30)41-39(29)32)21-26(34)16-17-27-22-38-33(23-35(27)40)31-11-3-5-15-37(31)42-38/h2-23H,1H3. The van der Waals surface area contributed by atoms with Gasteiger partial charge >= 0.3 is 0 Å². The van der Waals surface area contributed by atoms with Gasteiger partial charge in [-0.3, -0.25) is 0 Å². The summed E-state index contributed by atoms with van der Waals surface area (Å²) in [5.74, 6) is 0. The molecule has 0 spiro atoms. The second kappa shape index (κ2) is 8.94. The first-order valence-corrected chi connectivity index (χ1v) is 15.1. The lowest BCUT2D eigenvalue weighted by Gasteiger charge is -2.28. The molecule has 6 aromatic carbocycles. The van der Waals surface area contributed by atoms with E-state index >= 15 is 0 Å². The van der Waals surface area contributed by atoms with E-state index in [4.69, 9.17) is 4.42 Å². The molecule has 2 aromatic heterocycles. The molecular weight excluding hydrogens is 531 g/mol. The number of hydrogen-bond donors (Lipinski definition) is 0. The van der Waals surface area contributed by atoms with Gasteiger partial charge in [-0.1, -0.05) is 84.9 Å². The highest BCUT2D eigenvalue weighted by Crippen LogP contribution is 2.47. The molecule has 0 saturated carbocycles. The van der Waals surface area contributed by atoms with Gasteiger partial charge in [0.2, 0.25) is 0 Å². The molecule has 0 fully saturated rings. The van der Waals surface area contributed by atoms with Gasteiger partial charge in [-0.05, 0) is 77.7 Å². The predicted octanol–water partition coefficient (Wildman–Crippen LogP) is 11.9. The first-order chi connectivity index (χ1) is 20.7. The van der Waals surface area contributed by atoms with Crippen molar-refractivity contribution >= 4 is 82.7 Å². The summed E-state index contributed by atoms with van der Waals surface area (Å²) in [7, 11) is 0. The maximum atomic E-state index is 6.40. The zero-order valence-corrected chi connectivity index (χ0v) is 23.8. The molecule has 0 bridgehead atoms. The van der Waals surface area contributed by atoms with Crippen LogP contribution in [0.1, 0.15) is 16.7 Å². The molecule has 0 aliphatic carbocycles. The average Bonchev–Trinajstić information content (AvgIpc) is 3.53. The first kappa shape index (κ1) is 23.6. The Morgan fingerprint density at radius 3 is 2.26 bits per heavy atom. The quantitative estimate of drug-likeness (QED) is 0.211. The van der Waals surface area contributed by atoms with Crippen LogP contribution in [0, 0.1) is 6.92 Å². The second-order valence-corrected chi connectivity index (χ2v) is 12.2. The van der Waals surface area contributed by atoms with Gasteiger partial charge in [-0.2, -0.15) is 0 Å². The predicted molar refractivity (Wildman–Crippen MR) is 180 cm³/mol. The summed E-state index contributed by atoms with van der Waals surface area (Å²) in [4.78, 5) is 2.43. The normalized spacial score (nSPS) is 12.7. The van der Waals surface area contributed by atoms with Gasteiger partial charge in [-0.15, -0.1) is 11.3 Å². The van der Waals surface area contributed by atoms with E-state index in [0.717, 1.165) is 44.4 Å². The van der Waals surface area contributed by atoms with Crippen molar-refractivity contribution in [1.82, 2.24) is 0 Å². The Balaban J connectivity index is 1.28. The number of fused-ring (bicyclic) bond motifs is 8. The second-order valence-electron chi connectivity index (χ2n) is 11.1.